The minimum atomic E-state index is -0.692. The van der Waals surface area contributed by atoms with E-state index in [1.54, 1.807) is 7.11 Å². The Hall–Kier alpha value is -1.88. The standard InChI is InChI=1S/C12H14N2O3/c1-3-9(15)11-13-12(17-14-11)8-6-4-5-7-10(8)16-2/h4-7,9,15H,3H2,1-2H3. The number of aliphatic hydroxyl groups is 1. The first-order chi connectivity index (χ1) is 8.26. The molecular formula is C12H14N2O3. The molecule has 5 heteroatoms. The van der Waals surface area contributed by atoms with Crippen molar-refractivity contribution < 1.29 is 14.4 Å². The SMILES string of the molecule is CCC(O)c1noc(-c2ccccc2OC)n1. The molecule has 1 atom stereocenters. The number of aromatic nitrogens is 2. The predicted molar refractivity (Wildman–Crippen MR) is 61.5 cm³/mol. The van der Waals surface area contributed by atoms with Gasteiger partial charge in [0.1, 0.15) is 11.9 Å². The average Bonchev–Trinajstić information content (AvgIpc) is 2.87. The summed E-state index contributed by atoms with van der Waals surface area (Å²) in [4.78, 5) is 4.15. The second-order valence-corrected chi connectivity index (χ2v) is 3.58. The second kappa shape index (κ2) is 4.97. The van der Waals surface area contributed by atoms with Gasteiger partial charge in [0.05, 0.1) is 12.7 Å². The highest BCUT2D eigenvalue weighted by atomic mass is 16.5. The zero-order chi connectivity index (χ0) is 12.3. The van der Waals surface area contributed by atoms with Crippen molar-refractivity contribution in [2.75, 3.05) is 7.11 Å². The Morgan fingerprint density at radius 1 is 1.41 bits per heavy atom. The molecule has 0 saturated heterocycles. The smallest absolute Gasteiger partial charge is 0.261 e. The van der Waals surface area contributed by atoms with Gasteiger partial charge in [-0.1, -0.05) is 24.2 Å². The molecule has 0 aliphatic heterocycles. The quantitative estimate of drug-likeness (QED) is 0.878. The van der Waals surface area contributed by atoms with Crippen molar-refractivity contribution in [2.45, 2.75) is 19.4 Å². The molecule has 1 aromatic heterocycles. The van der Waals surface area contributed by atoms with Crippen LogP contribution < -0.4 is 4.74 Å². The van der Waals surface area contributed by atoms with E-state index in [2.05, 4.69) is 10.1 Å². The fourth-order valence-electron chi connectivity index (χ4n) is 1.48. The van der Waals surface area contributed by atoms with Crippen molar-refractivity contribution in [2.24, 2.45) is 0 Å². The molecule has 0 aliphatic rings. The summed E-state index contributed by atoms with van der Waals surface area (Å²) in [6.07, 6.45) is -0.146. The number of hydrogen-bond acceptors (Lipinski definition) is 5. The molecule has 0 bridgehead atoms. The largest absolute Gasteiger partial charge is 0.496 e. The Morgan fingerprint density at radius 3 is 2.88 bits per heavy atom. The highest BCUT2D eigenvalue weighted by Crippen LogP contribution is 2.28. The normalized spacial score (nSPS) is 12.4. The maximum Gasteiger partial charge on any atom is 0.261 e. The molecule has 0 fully saturated rings. The maximum atomic E-state index is 9.60. The summed E-state index contributed by atoms with van der Waals surface area (Å²) in [5.74, 6) is 1.31. The molecule has 0 amide bonds. The van der Waals surface area contributed by atoms with Crippen LogP contribution in [0.3, 0.4) is 0 Å². The number of rotatable bonds is 4. The lowest BCUT2D eigenvalue weighted by Gasteiger charge is -2.03. The van der Waals surface area contributed by atoms with E-state index < -0.39 is 6.10 Å². The molecule has 1 heterocycles. The summed E-state index contributed by atoms with van der Waals surface area (Å²) < 4.78 is 10.3. The predicted octanol–water partition coefficient (Wildman–Crippen LogP) is 2.19. The van der Waals surface area contributed by atoms with E-state index in [0.717, 1.165) is 5.56 Å². The molecule has 5 nitrogen and oxygen atoms in total. The molecule has 0 spiro atoms. The molecule has 1 N–H and O–H groups in total. The van der Waals surface area contributed by atoms with Gasteiger partial charge in [0, 0.05) is 0 Å². The van der Waals surface area contributed by atoms with Crippen molar-refractivity contribution in [3.63, 3.8) is 0 Å². The third-order valence-corrected chi connectivity index (χ3v) is 2.46. The summed E-state index contributed by atoms with van der Waals surface area (Å²) in [6, 6.07) is 7.36. The molecule has 0 radical (unpaired) electrons. The van der Waals surface area contributed by atoms with Crippen LogP contribution in [-0.2, 0) is 0 Å². The molecule has 0 aliphatic carbocycles. The molecule has 2 rings (SSSR count). The van der Waals surface area contributed by atoms with Crippen molar-refractivity contribution in [1.29, 1.82) is 0 Å². The van der Waals surface area contributed by atoms with Gasteiger partial charge in [-0.2, -0.15) is 4.98 Å². The summed E-state index contributed by atoms with van der Waals surface area (Å²) >= 11 is 0. The zero-order valence-electron chi connectivity index (χ0n) is 9.75. The third kappa shape index (κ3) is 2.29. The fourth-order valence-corrected chi connectivity index (χ4v) is 1.48. The van der Waals surface area contributed by atoms with Gasteiger partial charge >= 0.3 is 0 Å². The van der Waals surface area contributed by atoms with Crippen LogP contribution in [0.2, 0.25) is 0 Å². The summed E-state index contributed by atoms with van der Waals surface area (Å²) in [5.41, 5.74) is 0.719. The van der Waals surface area contributed by atoms with E-state index in [1.807, 2.05) is 31.2 Å². The fraction of sp³-hybridized carbons (Fsp3) is 0.333. The first-order valence-electron chi connectivity index (χ1n) is 5.41. The van der Waals surface area contributed by atoms with Gasteiger partial charge in [-0.3, -0.25) is 0 Å². The van der Waals surface area contributed by atoms with Crippen LogP contribution in [0.1, 0.15) is 25.3 Å². The minimum Gasteiger partial charge on any atom is -0.496 e. The van der Waals surface area contributed by atoms with E-state index in [4.69, 9.17) is 9.26 Å². The first-order valence-corrected chi connectivity index (χ1v) is 5.41. The number of hydrogen-bond donors (Lipinski definition) is 1. The van der Waals surface area contributed by atoms with Crippen molar-refractivity contribution in [3.05, 3.63) is 30.1 Å². The highest BCUT2D eigenvalue weighted by Gasteiger charge is 2.16. The van der Waals surface area contributed by atoms with Crippen molar-refractivity contribution >= 4 is 0 Å². The Kier molecular flexibility index (Phi) is 3.39. The van der Waals surface area contributed by atoms with Crippen molar-refractivity contribution in [3.8, 4) is 17.2 Å². The first kappa shape index (κ1) is 11.6. The lowest BCUT2D eigenvalue weighted by atomic mass is 10.2. The molecule has 1 aromatic carbocycles. The minimum absolute atomic E-state index is 0.299. The number of aliphatic hydroxyl groups excluding tert-OH is 1. The number of ether oxygens (including phenoxy) is 1. The maximum absolute atomic E-state index is 9.60. The van der Waals surface area contributed by atoms with Crippen LogP contribution in [0.4, 0.5) is 0 Å². The van der Waals surface area contributed by atoms with Gasteiger partial charge in [0.2, 0.25) is 5.82 Å². The van der Waals surface area contributed by atoms with Gasteiger partial charge in [0.15, 0.2) is 0 Å². The van der Waals surface area contributed by atoms with E-state index in [9.17, 15) is 5.11 Å². The molecule has 1 unspecified atom stereocenters. The van der Waals surface area contributed by atoms with Crippen LogP contribution >= 0.6 is 0 Å². The number of benzene rings is 1. The number of methoxy groups -OCH3 is 1. The van der Waals surface area contributed by atoms with Gasteiger partial charge in [0.25, 0.3) is 5.89 Å². The van der Waals surface area contributed by atoms with E-state index in [1.165, 1.54) is 0 Å². The molecule has 90 valence electrons. The van der Waals surface area contributed by atoms with Crippen LogP contribution in [0.25, 0.3) is 11.5 Å². The van der Waals surface area contributed by atoms with Crippen LogP contribution in [0.15, 0.2) is 28.8 Å². The van der Waals surface area contributed by atoms with E-state index in [0.29, 0.717) is 23.9 Å². The van der Waals surface area contributed by atoms with Gasteiger partial charge < -0.3 is 14.4 Å². The molecular weight excluding hydrogens is 220 g/mol. The number of nitrogens with zero attached hydrogens (tertiary/aromatic N) is 2. The molecule has 17 heavy (non-hydrogen) atoms. The van der Waals surface area contributed by atoms with Gasteiger partial charge in [-0.15, -0.1) is 0 Å². The third-order valence-electron chi connectivity index (χ3n) is 2.46. The Morgan fingerprint density at radius 2 is 2.18 bits per heavy atom. The lowest BCUT2D eigenvalue weighted by Crippen LogP contribution is -1.97. The summed E-state index contributed by atoms with van der Waals surface area (Å²) in [5, 5.41) is 13.3. The van der Waals surface area contributed by atoms with Crippen molar-refractivity contribution in [1.82, 2.24) is 10.1 Å². The summed E-state index contributed by atoms with van der Waals surface area (Å²) in [6.45, 7) is 1.85. The molecule has 0 saturated carbocycles. The summed E-state index contributed by atoms with van der Waals surface area (Å²) in [7, 11) is 1.58. The Balaban J connectivity index is 2.37. The number of para-hydroxylation sites is 1. The average molecular weight is 234 g/mol. The van der Waals surface area contributed by atoms with Gasteiger partial charge in [-0.25, -0.2) is 0 Å². The van der Waals surface area contributed by atoms with Crippen LogP contribution in [-0.4, -0.2) is 22.4 Å². The monoisotopic (exact) mass is 234 g/mol. The van der Waals surface area contributed by atoms with Crippen LogP contribution in [0, 0.1) is 0 Å². The van der Waals surface area contributed by atoms with Crippen LogP contribution in [0.5, 0.6) is 5.75 Å². The Bertz CT molecular complexity index is 496. The topological polar surface area (TPSA) is 68.4 Å². The lowest BCUT2D eigenvalue weighted by molar-refractivity contribution is 0.159. The second-order valence-electron chi connectivity index (χ2n) is 3.58. The molecule has 2 aromatic rings. The highest BCUT2D eigenvalue weighted by molar-refractivity contribution is 5.62. The Labute approximate surface area is 99.0 Å². The van der Waals surface area contributed by atoms with Gasteiger partial charge in [-0.05, 0) is 18.6 Å². The zero-order valence-corrected chi connectivity index (χ0v) is 9.75. The van der Waals surface area contributed by atoms with E-state index in [-0.39, 0.29) is 0 Å². The van der Waals surface area contributed by atoms with E-state index >= 15 is 0 Å².